The molecule has 4 nitrogen and oxygen atoms in total. The van der Waals surface area contributed by atoms with Crippen LogP contribution in [0.15, 0.2) is 18.2 Å². The van der Waals surface area contributed by atoms with Crippen molar-refractivity contribution in [3.63, 3.8) is 0 Å². The minimum atomic E-state index is -0.658. The van der Waals surface area contributed by atoms with Gasteiger partial charge in [-0.3, -0.25) is 4.79 Å². The molecule has 0 atom stereocenters. The maximum Gasteiger partial charge on any atom is 0.224 e. The summed E-state index contributed by atoms with van der Waals surface area (Å²) in [5.74, 6) is -0.373. The van der Waals surface area contributed by atoms with Crippen molar-refractivity contribution in [1.82, 2.24) is 5.32 Å². The minimum absolute atomic E-state index is 0.369. The number of aryl methyl sites for hydroxylation is 1. The van der Waals surface area contributed by atoms with E-state index in [0.717, 1.165) is 11.3 Å². The van der Waals surface area contributed by atoms with Gasteiger partial charge in [0.15, 0.2) is 5.11 Å². The van der Waals surface area contributed by atoms with Gasteiger partial charge >= 0.3 is 0 Å². The summed E-state index contributed by atoms with van der Waals surface area (Å²) in [6.07, 6.45) is 0. The van der Waals surface area contributed by atoms with E-state index >= 15 is 0 Å². The Morgan fingerprint density at radius 3 is 2.68 bits per heavy atom. The van der Waals surface area contributed by atoms with Gasteiger partial charge in [0.1, 0.15) is 0 Å². The Morgan fingerprint density at radius 2 is 2.11 bits per heavy atom. The van der Waals surface area contributed by atoms with Gasteiger partial charge in [0, 0.05) is 17.3 Å². The lowest BCUT2D eigenvalue weighted by Crippen LogP contribution is -2.43. The topological polar surface area (TPSA) is 67.2 Å². The number of hydrogen-bond acceptors (Lipinski definition) is 2. The summed E-state index contributed by atoms with van der Waals surface area (Å²) in [6, 6.07) is 5.51. The Morgan fingerprint density at radius 1 is 1.47 bits per heavy atom. The lowest BCUT2D eigenvalue weighted by molar-refractivity contribution is -0.125. The average molecular weight is 300 g/mol. The second kappa shape index (κ2) is 6.21. The Labute approximate surface area is 123 Å². The Hall–Kier alpha value is -1.33. The summed E-state index contributed by atoms with van der Waals surface area (Å²) in [6.45, 7) is 5.84. The molecule has 0 saturated heterocycles. The van der Waals surface area contributed by atoms with Crippen LogP contribution < -0.4 is 16.4 Å². The van der Waals surface area contributed by atoms with Gasteiger partial charge in [-0.15, -0.1) is 0 Å². The molecule has 0 fully saturated rings. The molecule has 1 aromatic carbocycles. The summed E-state index contributed by atoms with van der Waals surface area (Å²) in [4.78, 5) is 11.2. The first-order valence-corrected chi connectivity index (χ1v) is 6.62. The maximum absolute atomic E-state index is 11.2. The van der Waals surface area contributed by atoms with Crippen LogP contribution in [0.4, 0.5) is 5.69 Å². The van der Waals surface area contributed by atoms with Crippen LogP contribution in [-0.2, 0) is 4.79 Å². The molecule has 0 aliphatic carbocycles. The first-order chi connectivity index (χ1) is 8.72. The molecule has 104 valence electrons. The lowest BCUT2D eigenvalue weighted by atomic mass is 9.93. The van der Waals surface area contributed by atoms with Gasteiger partial charge < -0.3 is 16.4 Å². The predicted molar refractivity (Wildman–Crippen MR) is 83.4 cm³/mol. The Kier molecular flexibility index (Phi) is 5.14. The number of rotatable bonds is 4. The fraction of sp³-hybridized carbons (Fsp3) is 0.385. The van der Waals surface area contributed by atoms with Crippen LogP contribution in [0.3, 0.4) is 0 Å². The number of anilines is 1. The molecule has 0 saturated carbocycles. The molecular weight excluding hydrogens is 282 g/mol. The number of nitrogens with one attached hydrogen (secondary N) is 2. The minimum Gasteiger partial charge on any atom is -0.369 e. The van der Waals surface area contributed by atoms with Crippen LogP contribution in [-0.4, -0.2) is 17.6 Å². The van der Waals surface area contributed by atoms with Gasteiger partial charge in [-0.25, -0.2) is 0 Å². The van der Waals surface area contributed by atoms with Crippen LogP contribution >= 0.6 is 23.8 Å². The van der Waals surface area contributed by atoms with Crippen LogP contribution in [0.2, 0.25) is 5.02 Å². The first-order valence-electron chi connectivity index (χ1n) is 5.83. The summed E-state index contributed by atoms with van der Waals surface area (Å²) in [7, 11) is 0. The zero-order chi connectivity index (χ0) is 14.6. The van der Waals surface area contributed by atoms with Crippen LogP contribution in [0.1, 0.15) is 19.4 Å². The molecule has 19 heavy (non-hydrogen) atoms. The second-order valence-corrected chi connectivity index (χ2v) is 5.86. The molecule has 0 radical (unpaired) electrons. The van der Waals surface area contributed by atoms with Gasteiger partial charge in [0.05, 0.1) is 5.41 Å². The molecule has 1 rings (SSSR count). The molecule has 0 bridgehead atoms. The molecule has 4 N–H and O–H groups in total. The summed E-state index contributed by atoms with van der Waals surface area (Å²) in [5, 5.41) is 7.09. The normalized spacial score (nSPS) is 10.9. The summed E-state index contributed by atoms with van der Waals surface area (Å²) in [5.41, 5.74) is 6.50. The Bertz CT molecular complexity index is 503. The second-order valence-electron chi connectivity index (χ2n) is 5.02. The average Bonchev–Trinajstić information content (AvgIpc) is 2.31. The predicted octanol–water partition coefficient (Wildman–Crippen LogP) is 2.45. The Balaban J connectivity index is 2.61. The highest BCUT2D eigenvalue weighted by Gasteiger charge is 2.24. The van der Waals surface area contributed by atoms with Crippen molar-refractivity contribution in [2.24, 2.45) is 11.1 Å². The SMILES string of the molecule is Cc1ccc(Cl)cc1NC(=S)NCC(C)(C)C(N)=O. The zero-order valence-electron chi connectivity index (χ0n) is 11.2. The number of primary amides is 1. The molecule has 0 spiro atoms. The number of carbonyl (C=O) groups excluding carboxylic acids is 1. The van der Waals surface area contributed by atoms with Crippen LogP contribution in [0.5, 0.6) is 0 Å². The van der Waals surface area contributed by atoms with Crippen molar-refractivity contribution in [2.45, 2.75) is 20.8 Å². The smallest absolute Gasteiger partial charge is 0.224 e. The van der Waals surface area contributed by atoms with E-state index in [1.54, 1.807) is 19.9 Å². The van der Waals surface area contributed by atoms with Crippen molar-refractivity contribution in [3.8, 4) is 0 Å². The maximum atomic E-state index is 11.2. The molecule has 1 amide bonds. The van der Waals surface area contributed by atoms with E-state index in [4.69, 9.17) is 29.6 Å². The van der Waals surface area contributed by atoms with Crippen molar-refractivity contribution in [2.75, 3.05) is 11.9 Å². The highest BCUT2D eigenvalue weighted by atomic mass is 35.5. The number of thiocarbonyl (C=S) groups is 1. The third kappa shape index (κ3) is 4.69. The van der Waals surface area contributed by atoms with Crippen LogP contribution in [0, 0.1) is 12.3 Å². The molecule has 0 unspecified atom stereocenters. The molecule has 0 aromatic heterocycles. The van der Waals surface area contributed by atoms with E-state index in [0.29, 0.717) is 16.7 Å². The number of benzene rings is 1. The van der Waals surface area contributed by atoms with E-state index in [1.165, 1.54) is 0 Å². The van der Waals surface area contributed by atoms with E-state index in [2.05, 4.69) is 10.6 Å². The number of carbonyl (C=O) groups is 1. The molecule has 0 aliphatic rings. The van der Waals surface area contributed by atoms with E-state index in [9.17, 15) is 4.79 Å². The van der Waals surface area contributed by atoms with E-state index in [-0.39, 0.29) is 5.91 Å². The molecule has 0 heterocycles. The monoisotopic (exact) mass is 299 g/mol. The van der Waals surface area contributed by atoms with Gasteiger partial charge in [0.25, 0.3) is 0 Å². The third-order valence-corrected chi connectivity index (χ3v) is 3.29. The van der Waals surface area contributed by atoms with Crippen molar-refractivity contribution < 1.29 is 4.79 Å². The van der Waals surface area contributed by atoms with Crippen LogP contribution in [0.25, 0.3) is 0 Å². The molecule has 6 heteroatoms. The van der Waals surface area contributed by atoms with Gasteiger partial charge in [0.2, 0.25) is 5.91 Å². The molecule has 0 aliphatic heterocycles. The highest BCUT2D eigenvalue weighted by Crippen LogP contribution is 2.20. The van der Waals surface area contributed by atoms with Crippen molar-refractivity contribution in [1.29, 1.82) is 0 Å². The van der Waals surface area contributed by atoms with Gasteiger partial charge in [-0.2, -0.15) is 0 Å². The quantitative estimate of drug-likeness (QED) is 0.747. The first kappa shape index (κ1) is 15.7. The van der Waals surface area contributed by atoms with Gasteiger partial charge in [-0.05, 0) is 50.7 Å². The summed E-state index contributed by atoms with van der Waals surface area (Å²) < 4.78 is 0. The standard InChI is InChI=1S/C13H18ClN3OS/c1-8-4-5-9(14)6-10(8)17-12(19)16-7-13(2,3)11(15)18/h4-6H,7H2,1-3H3,(H2,15,18)(H2,16,17,19). The zero-order valence-corrected chi connectivity index (χ0v) is 12.8. The highest BCUT2D eigenvalue weighted by molar-refractivity contribution is 7.80. The van der Waals surface area contributed by atoms with E-state index in [1.807, 2.05) is 19.1 Å². The van der Waals surface area contributed by atoms with Crippen molar-refractivity contribution >= 4 is 40.5 Å². The summed E-state index contributed by atoms with van der Waals surface area (Å²) >= 11 is 11.1. The van der Waals surface area contributed by atoms with E-state index < -0.39 is 5.41 Å². The fourth-order valence-electron chi connectivity index (χ4n) is 1.28. The molecular formula is C13H18ClN3OS. The molecule has 1 aromatic rings. The fourth-order valence-corrected chi connectivity index (χ4v) is 1.64. The largest absolute Gasteiger partial charge is 0.369 e. The lowest BCUT2D eigenvalue weighted by Gasteiger charge is -2.22. The van der Waals surface area contributed by atoms with Crippen molar-refractivity contribution in [3.05, 3.63) is 28.8 Å². The number of amides is 1. The number of hydrogen-bond donors (Lipinski definition) is 3. The third-order valence-electron chi connectivity index (χ3n) is 2.81. The van der Waals surface area contributed by atoms with Gasteiger partial charge in [-0.1, -0.05) is 17.7 Å². The number of halogens is 1. The number of nitrogens with two attached hydrogens (primary N) is 1.